The number of phenolic OH excluding ortho intramolecular Hbond substituents is 1. The fraction of sp³-hybridized carbons (Fsp3) is 0.385. The van der Waals surface area contributed by atoms with Gasteiger partial charge >= 0.3 is 0 Å². The van der Waals surface area contributed by atoms with Crippen molar-refractivity contribution < 1.29 is 19.4 Å². The molecule has 3 aliphatic heterocycles. The van der Waals surface area contributed by atoms with Crippen LogP contribution in [0.2, 0.25) is 0 Å². The van der Waals surface area contributed by atoms with E-state index in [0.717, 1.165) is 66.5 Å². The first-order valence-electron chi connectivity index (χ1n) is 16.6. The summed E-state index contributed by atoms with van der Waals surface area (Å²) in [6, 6.07) is 26.2. The maximum atomic E-state index is 14.1. The van der Waals surface area contributed by atoms with Crippen molar-refractivity contribution in [3.8, 4) is 5.75 Å². The quantitative estimate of drug-likeness (QED) is 0.152. The van der Waals surface area contributed by atoms with Crippen molar-refractivity contribution in [2.45, 2.75) is 57.7 Å². The Bertz CT molecular complexity index is 1660. The van der Waals surface area contributed by atoms with Crippen LogP contribution in [0.25, 0.3) is 11.6 Å². The summed E-state index contributed by atoms with van der Waals surface area (Å²) in [5.74, 6) is -0.345. The first-order chi connectivity index (χ1) is 22.4. The third-order valence-corrected chi connectivity index (χ3v) is 11.0. The number of nitrogens with zero attached hydrogens (tertiary/aromatic N) is 2. The highest BCUT2D eigenvalue weighted by Crippen LogP contribution is 2.50. The Morgan fingerprint density at radius 2 is 1.67 bits per heavy atom. The number of phenols is 1. The summed E-state index contributed by atoms with van der Waals surface area (Å²) < 4.78 is 7.37. The van der Waals surface area contributed by atoms with E-state index in [-0.39, 0.29) is 47.5 Å². The molecule has 0 aromatic heterocycles. The highest BCUT2D eigenvalue weighted by atomic mass is 79.9. The maximum Gasteiger partial charge on any atom is 0.234 e. The molecule has 0 spiro atoms. The van der Waals surface area contributed by atoms with Gasteiger partial charge in [0.25, 0.3) is 0 Å². The summed E-state index contributed by atoms with van der Waals surface area (Å²) in [6.45, 7) is 5.29. The zero-order valence-electron chi connectivity index (χ0n) is 26.3. The Morgan fingerprint density at radius 3 is 2.41 bits per heavy atom. The van der Waals surface area contributed by atoms with Crippen LogP contribution in [0.3, 0.4) is 0 Å². The van der Waals surface area contributed by atoms with Gasteiger partial charge in [-0.1, -0.05) is 82.2 Å². The first-order valence-corrected chi connectivity index (χ1v) is 17.4. The topological polar surface area (TPSA) is 70.1 Å². The van der Waals surface area contributed by atoms with Gasteiger partial charge in [0.1, 0.15) is 5.75 Å². The number of piperidine rings is 1. The van der Waals surface area contributed by atoms with E-state index in [1.165, 1.54) is 16.7 Å². The van der Waals surface area contributed by atoms with Crippen LogP contribution in [0.15, 0.2) is 94.5 Å². The average Bonchev–Trinajstić information content (AvgIpc) is 3.60. The molecule has 0 unspecified atom stereocenters. The van der Waals surface area contributed by atoms with Crippen LogP contribution in [-0.4, -0.2) is 58.6 Å². The molecule has 238 valence electrons. The van der Waals surface area contributed by atoms with E-state index in [0.29, 0.717) is 13.0 Å². The number of carbonyl (C=O) groups is 2. The number of likely N-dealkylation sites (tertiary alicyclic amines) is 2. The molecule has 3 fully saturated rings. The molecule has 1 aliphatic carbocycles. The number of aromatic hydroxyl groups is 1. The second kappa shape index (κ2) is 13.3. The summed E-state index contributed by atoms with van der Waals surface area (Å²) in [5, 5.41) is 10.6. The van der Waals surface area contributed by atoms with E-state index >= 15 is 0 Å². The fourth-order valence-corrected chi connectivity index (χ4v) is 8.64. The average molecular weight is 682 g/mol. The van der Waals surface area contributed by atoms with Crippen LogP contribution in [-0.2, 0) is 20.9 Å². The first kappa shape index (κ1) is 31.1. The fourth-order valence-electron chi connectivity index (χ4n) is 8.26. The number of amides is 2. The minimum atomic E-state index is -0.318. The summed E-state index contributed by atoms with van der Waals surface area (Å²) in [4.78, 5) is 32.0. The van der Waals surface area contributed by atoms with Gasteiger partial charge in [-0.25, -0.2) is 0 Å². The molecule has 46 heavy (non-hydrogen) atoms. The van der Waals surface area contributed by atoms with E-state index in [9.17, 15) is 14.7 Å². The number of ether oxygens (including phenoxy) is 1. The standard InChI is InChI=1S/C39H41BrN2O4/c1-25-20-32-37(39(45)42(38(32)44)31-16-18-41(19-17-31)23-26-8-4-2-5-9-26)33-24-46-35(36(25)33)15-12-28(27-10-6-3-7-11-27)21-29-22-30(40)13-14-34(29)43/h2-11,13-14,21-22,31-33,35,37,43H,12,15-20,23-24H2,1H3/b28-21-/t32-,33+,35-,37-/m1/s1. The molecule has 3 aromatic rings. The third kappa shape index (κ3) is 6.13. The Balaban J connectivity index is 1.05. The molecule has 4 aliphatic rings. The predicted octanol–water partition coefficient (Wildman–Crippen LogP) is 7.48. The van der Waals surface area contributed by atoms with E-state index in [1.54, 1.807) is 11.0 Å². The van der Waals surface area contributed by atoms with E-state index in [1.807, 2.05) is 36.4 Å². The smallest absolute Gasteiger partial charge is 0.234 e. The van der Waals surface area contributed by atoms with Crippen LogP contribution in [0.4, 0.5) is 0 Å². The van der Waals surface area contributed by atoms with E-state index in [4.69, 9.17) is 4.74 Å². The van der Waals surface area contributed by atoms with Crippen molar-refractivity contribution in [3.63, 3.8) is 0 Å². The molecule has 0 radical (unpaired) electrons. The minimum absolute atomic E-state index is 0.0192. The largest absolute Gasteiger partial charge is 0.507 e. The summed E-state index contributed by atoms with van der Waals surface area (Å²) >= 11 is 3.53. The molecule has 3 saturated heterocycles. The van der Waals surface area contributed by atoms with Gasteiger partial charge < -0.3 is 9.84 Å². The molecular weight excluding hydrogens is 640 g/mol. The van der Waals surface area contributed by atoms with E-state index in [2.05, 4.69) is 70.2 Å². The van der Waals surface area contributed by atoms with Crippen LogP contribution < -0.4 is 0 Å². The van der Waals surface area contributed by atoms with Gasteiger partial charge in [0.2, 0.25) is 11.8 Å². The van der Waals surface area contributed by atoms with Crippen molar-refractivity contribution in [2.75, 3.05) is 19.7 Å². The number of allylic oxidation sites excluding steroid dienone is 2. The zero-order valence-corrected chi connectivity index (χ0v) is 27.9. The highest BCUT2D eigenvalue weighted by molar-refractivity contribution is 9.10. The van der Waals surface area contributed by atoms with Crippen LogP contribution in [0.5, 0.6) is 5.75 Å². The molecule has 0 saturated carbocycles. The van der Waals surface area contributed by atoms with Crippen molar-refractivity contribution >= 4 is 39.4 Å². The molecule has 3 aromatic carbocycles. The highest BCUT2D eigenvalue weighted by Gasteiger charge is 2.57. The lowest BCUT2D eigenvalue weighted by molar-refractivity contribution is -0.144. The normalized spacial score (nSPS) is 25.7. The zero-order chi connectivity index (χ0) is 31.8. The number of imide groups is 1. The second-order valence-electron chi connectivity index (χ2n) is 13.3. The van der Waals surface area contributed by atoms with Gasteiger partial charge in [0.15, 0.2) is 0 Å². The third-order valence-electron chi connectivity index (χ3n) is 10.5. The molecule has 6 nitrogen and oxygen atoms in total. The summed E-state index contributed by atoms with van der Waals surface area (Å²) in [5.41, 5.74) is 6.72. The summed E-state index contributed by atoms with van der Waals surface area (Å²) in [6.07, 6.45) is 5.77. The monoisotopic (exact) mass is 680 g/mol. The predicted molar refractivity (Wildman–Crippen MR) is 183 cm³/mol. The van der Waals surface area contributed by atoms with Crippen LogP contribution >= 0.6 is 15.9 Å². The van der Waals surface area contributed by atoms with Gasteiger partial charge in [0, 0.05) is 41.6 Å². The van der Waals surface area contributed by atoms with Gasteiger partial charge in [-0.2, -0.15) is 0 Å². The van der Waals surface area contributed by atoms with Gasteiger partial charge in [-0.3, -0.25) is 19.4 Å². The lowest BCUT2D eigenvalue weighted by atomic mass is 9.70. The molecule has 7 rings (SSSR count). The van der Waals surface area contributed by atoms with Gasteiger partial charge in [0.05, 0.1) is 24.5 Å². The maximum absolute atomic E-state index is 14.1. The Hall–Kier alpha value is -3.52. The lowest BCUT2D eigenvalue weighted by Crippen LogP contribution is -2.47. The number of hydrogen-bond acceptors (Lipinski definition) is 5. The molecule has 4 atom stereocenters. The van der Waals surface area contributed by atoms with E-state index < -0.39 is 0 Å². The molecule has 0 bridgehead atoms. The van der Waals surface area contributed by atoms with Crippen molar-refractivity contribution in [1.29, 1.82) is 0 Å². The SMILES string of the molecule is CC1=C2[C@@H](CC/C(=C/c3cc(Br)ccc3O)c3ccccc3)OC[C@@H]2[C@@H]2C(=O)N(C3CCN(Cc4ccccc4)CC3)C(=O)[C@@H]2C1. The molecule has 1 N–H and O–H groups in total. The molecular formula is C39H41BrN2O4. The lowest BCUT2D eigenvalue weighted by Gasteiger charge is -2.36. The number of carbonyl (C=O) groups excluding carboxylic acids is 2. The van der Waals surface area contributed by atoms with Gasteiger partial charge in [-0.15, -0.1) is 0 Å². The Morgan fingerprint density at radius 1 is 0.957 bits per heavy atom. The van der Waals surface area contributed by atoms with Crippen molar-refractivity contribution in [2.24, 2.45) is 17.8 Å². The van der Waals surface area contributed by atoms with Crippen LogP contribution in [0.1, 0.15) is 55.7 Å². The number of benzene rings is 3. The Kier molecular flexibility index (Phi) is 8.99. The van der Waals surface area contributed by atoms with Crippen molar-refractivity contribution in [1.82, 2.24) is 9.80 Å². The van der Waals surface area contributed by atoms with Gasteiger partial charge in [-0.05, 0) is 85.6 Å². The second-order valence-corrected chi connectivity index (χ2v) is 14.2. The van der Waals surface area contributed by atoms with Crippen molar-refractivity contribution in [3.05, 3.63) is 111 Å². The molecule has 2 amide bonds. The molecule has 7 heteroatoms. The number of fused-ring (bicyclic) bond motifs is 3. The number of hydrogen-bond donors (Lipinski definition) is 1. The van der Waals surface area contributed by atoms with Crippen LogP contribution in [0, 0.1) is 17.8 Å². The Labute approximate surface area is 279 Å². The number of rotatable bonds is 8. The molecule has 3 heterocycles. The minimum Gasteiger partial charge on any atom is -0.507 e. The summed E-state index contributed by atoms with van der Waals surface area (Å²) in [7, 11) is 0. The number of halogens is 1.